The maximum Gasteiger partial charge on any atom is 0.291 e. The minimum absolute atomic E-state index is 0. The first kappa shape index (κ1) is 22.5. The Kier molecular flexibility index (Phi) is 8.33. The number of nitrogens with one attached hydrogen (secondary N) is 2. The van der Waals surface area contributed by atoms with Crippen molar-refractivity contribution >= 4 is 29.9 Å². The number of furan rings is 1. The zero-order chi connectivity index (χ0) is 19.2. The van der Waals surface area contributed by atoms with E-state index in [9.17, 15) is 9.59 Å². The zero-order valence-electron chi connectivity index (χ0n) is 15.7. The van der Waals surface area contributed by atoms with E-state index in [1.165, 1.54) is 6.26 Å². The van der Waals surface area contributed by atoms with Crippen LogP contribution in [0, 0.1) is 5.92 Å². The summed E-state index contributed by atoms with van der Waals surface area (Å²) in [6.07, 6.45) is 1.43. The average Bonchev–Trinajstić information content (AvgIpc) is 3.15. The number of anilines is 1. The first-order valence-corrected chi connectivity index (χ1v) is 8.43. The summed E-state index contributed by atoms with van der Waals surface area (Å²) in [7, 11) is 0. The third-order valence-corrected chi connectivity index (χ3v) is 4.33. The van der Waals surface area contributed by atoms with Crippen LogP contribution in [0.2, 0.25) is 0 Å². The molecule has 2 rings (SSSR count). The van der Waals surface area contributed by atoms with Crippen molar-refractivity contribution in [3.05, 3.63) is 48.4 Å². The molecular formula is C19H26ClN3O4. The number of benzene rings is 1. The number of carbonyl (C=O) groups excluding carboxylic acids is 2. The van der Waals surface area contributed by atoms with Crippen LogP contribution in [0.5, 0.6) is 5.75 Å². The van der Waals surface area contributed by atoms with E-state index in [1.54, 1.807) is 36.4 Å². The van der Waals surface area contributed by atoms with E-state index in [-0.39, 0.29) is 42.5 Å². The molecule has 4 N–H and O–H groups in total. The molecular weight excluding hydrogens is 370 g/mol. The Morgan fingerprint density at radius 3 is 2.59 bits per heavy atom. The number of rotatable bonds is 8. The number of hydrogen-bond acceptors (Lipinski definition) is 5. The summed E-state index contributed by atoms with van der Waals surface area (Å²) < 4.78 is 10.6. The van der Waals surface area contributed by atoms with E-state index in [4.69, 9.17) is 14.9 Å². The number of ether oxygens (including phenoxy) is 1. The number of nitrogens with two attached hydrogens (primary N) is 1. The van der Waals surface area contributed by atoms with Crippen LogP contribution in [0.25, 0.3) is 0 Å². The van der Waals surface area contributed by atoms with Crippen LogP contribution in [0.1, 0.15) is 31.3 Å². The molecule has 0 spiro atoms. The second-order valence-corrected chi connectivity index (χ2v) is 6.57. The van der Waals surface area contributed by atoms with Crippen LogP contribution in [-0.4, -0.2) is 30.5 Å². The molecule has 2 aromatic rings. The van der Waals surface area contributed by atoms with Gasteiger partial charge in [0.05, 0.1) is 11.8 Å². The van der Waals surface area contributed by atoms with Gasteiger partial charge in [0.1, 0.15) is 5.75 Å². The van der Waals surface area contributed by atoms with Gasteiger partial charge in [0, 0.05) is 18.3 Å². The largest absolute Gasteiger partial charge is 0.484 e. The number of carbonyl (C=O) groups is 2. The van der Waals surface area contributed by atoms with Gasteiger partial charge in [0.2, 0.25) is 0 Å². The van der Waals surface area contributed by atoms with Gasteiger partial charge in [-0.1, -0.05) is 19.9 Å². The molecule has 1 aromatic heterocycles. The number of halogens is 1. The van der Waals surface area contributed by atoms with Gasteiger partial charge in [0.15, 0.2) is 12.4 Å². The molecule has 8 heteroatoms. The highest BCUT2D eigenvalue weighted by Gasteiger charge is 2.28. The standard InChI is InChI=1S/C19H25N3O4.ClH/c1-13(2)19(3,12-20)22-17(23)11-26-15-7-4-6-14(10-15)21-18(24)16-8-5-9-25-16;/h4-10,13H,11-12,20H2,1-3H3,(H,21,24)(H,22,23);1H. The fourth-order valence-corrected chi connectivity index (χ4v) is 2.20. The van der Waals surface area contributed by atoms with Crippen molar-refractivity contribution in [2.45, 2.75) is 26.3 Å². The van der Waals surface area contributed by atoms with Crippen LogP contribution < -0.4 is 21.1 Å². The lowest BCUT2D eigenvalue weighted by atomic mass is 9.88. The van der Waals surface area contributed by atoms with Crippen molar-refractivity contribution in [3.63, 3.8) is 0 Å². The molecule has 0 saturated carbocycles. The SMILES string of the molecule is CC(C)C(C)(CN)NC(=O)COc1cccc(NC(=O)c2ccco2)c1.Cl. The second kappa shape index (κ2) is 9.99. The summed E-state index contributed by atoms with van der Waals surface area (Å²) in [5, 5.41) is 5.61. The second-order valence-electron chi connectivity index (χ2n) is 6.57. The molecule has 1 atom stereocenters. The minimum atomic E-state index is -0.487. The summed E-state index contributed by atoms with van der Waals surface area (Å²) in [5.41, 5.74) is 5.82. The predicted octanol–water partition coefficient (Wildman–Crippen LogP) is 2.82. The lowest BCUT2D eigenvalue weighted by molar-refractivity contribution is -0.125. The van der Waals surface area contributed by atoms with Crippen molar-refractivity contribution in [2.75, 3.05) is 18.5 Å². The van der Waals surface area contributed by atoms with Crippen LogP contribution in [0.3, 0.4) is 0 Å². The topological polar surface area (TPSA) is 107 Å². The molecule has 148 valence electrons. The van der Waals surface area contributed by atoms with E-state index >= 15 is 0 Å². The van der Waals surface area contributed by atoms with Gasteiger partial charge in [-0.2, -0.15) is 0 Å². The fourth-order valence-electron chi connectivity index (χ4n) is 2.20. The van der Waals surface area contributed by atoms with E-state index < -0.39 is 5.54 Å². The number of hydrogen-bond donors (Lipinski definition) is 3. The van der Waals surface area contributed by atoms with Crippen molar-refractivity contribution in [2.24, 2.45) is 11.7 Å². The maximum absolute atomic E-state index is 12.1. The molecule has 0 bridgehead atoms. The Morgan fingerprint density at radius 2 is 2.00 bits per heavy atom. The molecule has 0 aliphatic heterocycles. The summed E-state index contributed by atoms with van der Waals surface area (Å²) in [6.45, 7) is 6.10. The molecule has 0 radical (unpaired) electrons. The number of amides is 2. The van der Waals surface area contributed by atoms with Gasteiger partial charge in [-0.05, 0) is 37.1 Å². The Bertz CT molecular complexity index is 749. The molecule has 0 fully saturated rings. The normalized spacial score (nSPS) is 12.6. The lowest BCUT2D eigenvalue weighted by Gasteiger charge is -2.33. The van der Waals surface area contributed by atoms with Crippen molar-refractivity contribution < 1.29 is 18.7 Å². The Balaban J connectivity index is 0.00000364. The van der Waals surface area contributed by atoms with Crippen LogP contribution >= 0.6 is 12.4 Å². The molecule has 0 aliphatic carbocycles. The zero-order valence-corrected chi connectivity index (χ0v) is 16.5. The molecule has 2 amide bonds. The van der Waals surface area contributed by atoms with Crippen molar-refractivity contribution in [1.29, 1.82) is 0 Å². The molecule has 27 heavy (non-hydrogen) atoms. The lowest BCUT2D eigenvalue weighted by Crippen LogP contribution is -2.56. The van der Waals surface area contributed by atoms with Crippen LogP contribution in [0.4, 0.5) is 5.69 Å². The van der Waals surface area contributed by atoms with Gasteiger partial charge < -0.3 is 25.5 Å². The summed E-state index contributed by atoms with van der Waals surface area (Å²) in [4.78, 5) is 24.1. The van der Waals surface area contributed by atoms with E-state index in [2.05, 4.69) is 10.6 Å². The van der Waals surface area contributed by atoms with Crippen molar-refractivity contribution in [1.82, 2.24) is 5.32 Å². The monoisotopic (exact) mass is 395 g/mol. The van der Waals surface area contributed by atoms with E-state index in [0.717, 1.165) is 0 Å². The van der Waals surface area contributed by atoms with E-state index in [1.807, 2.05) is 20.8 Å². The summed E-state index contributed by atoms with van der Waals surface area (Å²) >= 11 is 0. The molecule has 1 aromatic carbocycles. The smallest absolute Gasteiger partial charge is 0.291 e. The average molecular weight is 396 g/mol. The summed E-state index contributed by atoms with van der Waals surface area (Å²) in [5.74, 6) is 0.260. The van der Waals surface area contributed by atoms with E-state index in [0.29, 0.717) is 18.0 Å². The third kappa shape index (κ3) is 6.30. The highest BCUT2D eigenvalue weighted by molar-refractivity contribution is 6.02. The van der Waals surface area contributed by atoms with Crippen molar-refractivity contribution in [3.8, 4) is 5.75 Å². The third-order valence-electron chi connectivity index (χ3n) is 4.33. The van der Waals surface area contributed by atoms with Gasteiger partial charge in [-0.25, -0.2) is 0 Å². The Hall–Kier alpha value is -2.51. The minimum Gasteiger partial charge on any atom is -0.484 e. The summed E-state index contributed by atoms with van der Waals surface area (Å²) in [6, 6.07) is 10.0. The highest BCUT2D eigenvalue weighted by Crippen LogP contribution is 2.19. The first-order chi connectivity index (χ1) is 12.3. The quantitative estimate of drug-likeness (QED) is 0.637. The molecule has 1 heterocycles. The predicted molar refractivity (Wildman–Crippen MR) is 106 cm³/mol. The Morgan fingerprint density at radius 1 is 1.26 bits per heavy atom. The fraction of sp³-hybridized carbons (Fsp3) is 0.368. The van der Waals surface area contributed by atoms with Gasteiger partial charge in [-0.15, -0.1) is 12.4 Å². The molecule has 1 unspecified atom stereocenters. The van der Waals surface area contributed by atoms with Crippen LogP contribution in [0.15, 0.2) is 47.1 Å². The molecule has 0 saturated heterocycles. The van der Waals surface area contributed by atoms with Gasteiger partial charge in [-0.3, -0.25) is 9.59 Å². The Labute approximate surface area is 165 Å². The molecule has 0 aliphatic rings. The van der Waals surface area contributed by atoms with Gasteiger partial charge in [0.25, 0.3) is 11.8 Å². The van der Waals surface area contributed by atoms with Crippen LogP contribution in [-0.2, 0) is 4.79 Å². The highest BCUT2D eigenvalue weighted by atomic mass is 35.5. The molecule has 7 nitrogen and oxygen atoms in total. The maximum atomic E-state index is 12.1. The first-order valence-electron chi connectivity index (χ1n) is 8.43. The van der Waals surface area contributed by atoms with Gasteiger partial charge >= 0.3 is 0 Å².